The Balaban J connectivity index is 2.24. The molecule has 0 fully saturated rings. The Kier molecular flexibility index (Phi) is 5.96. The normalized spacial score (nSPS) is 12.0. The van der Waals surface area contributed by atoms with Gasteiger partial charge in [0.05, 0.1) is 6.04 Å². The summed E-state index contributed by atoms with van der Waals surface area (Å²) in [4.78, 5) is 21.1. The van der Waals surface area contributed by atoms with Crippen molar-refractivity contribution in [1.29, 1.82) is 0 Å². The standard InChI is InChI=1S/C13H17NO3/c15-10-12(6-7-13(16)17)14-9-8-11-4-2-1-3-5-11/h1-5,10,12,14H,6-9H2,(H,16,17)/t12-/m0/s1. The number of carbonyl (C=O) groups is 2. The maximum atomic E-state index is 10.7. The molecule has 1 rings (SSSR count). The SMILES string of the molecule is O=C[C@H](CCC(=O)O)NCCc1ccccc1. The first-order chi connectivity index (χ1) is 8.22. The molecule has 92 valence electrons. The van der Waals surface area contributed by atoms with E-state index in [1.807, 2.05) is 30.3 Å². The minimum absolute atomic E-state index is 0.0156. The Labute approximate surface area is 101 Å². The van der Waals surface area contributed by atoms with E-state index in [0.29, 0.717) is 13.0 Å². The van der Waals surface area contributed by atoms with E-state index >= 15 is 0 Å². The van der Waals surface area contributed by atoms with Gasteiger partial charge in [-0.25, -0.2) is 0 Å². The van der Waals surface area contributed by atoms with Gasteiger partial charge in [0.15, 0.2) is 0 Å². The third-order valence-electron chi connectivity index (χ3n) is 2.50. The van der Waals surface area contributed by atoms with E-state index < -0.39 is 5.97 Å². The number of aldehydes is 1. The minimum Gasteiger partial charge on any atom is -0.481 e. The summed E-state index contributed by atoms with van der Waals surface area (Å²) in [6.07, 6.45) is 1.96. The molecule has 4 heteroatoms. The predicted molar refractivity (Wildman–Crippen MR) is 64.9 cm³/mol. The van der Waals surface area contributed by atoms with Crippen molar-refractivity contribution >= 4 is 12.3 Å². The maximum absolute atomic E-state index is 10.7. The lowest BCUT2D eigenvalue weighted by molar-refractivity contribution is -0.137. The van der Waals surface area contributed by atoms with Crippen LogP contribution in [0.4, 0.5) is 0 Å². The van der Waals surface area contributed by atoms with Crippen molar-refractivity contribution in [2.24, 2.45) is 0 Å². The van der Waals surface area contributed by atoms with Gasteiger partial charge in [-0.3, -0.25) is 4.79 Å². The zero-order valence-electron chi connectivity index (χ0n) is 9.63. The summed E-state index contributed by atoms with van der Waals surface area (Å²) in [6, 6.07) is 9.57. The fourth-order valence-electron chi connectivity index (χ4n) is 1.54. The smallest absolute Gasteiger partial charge is 0.303 e. The van der Waals surface area contributed by atoms with Gasteiger partial charge in [0.2, 0.25) is 0 Å². The average Bonchev–Trinajstić information content (AvgIpc) is 2.34. The van der Waals surface area contributed by atoms with Crippen LogP contribution in [-0.2, 0) is 16.0 Å². The van der Waals surface area contributed by atoms with Crippen LogP contribution in [0.25, 0.3) is 0 Å². The first kappa shape index (κ1) is 13.4. The number of benzene rings is 1. The second-order valence-electron chi connectivity index (χ2n) is 3.86. The van der Waals surface area contributed by atoms with E-state index in [4.69, 9.17) is 5.11 Å². The number of aliphatic carboxylic acids is 1. The Bertz CT molecular complexity index is 351. The summed E-state index contributed by atoms with van der Waals surface area (Å²) in [5, 5.41) is 11.6. The first-order valence-electron chi connectivity index (χ1n) is 5.67. The number of carboxylic acids is 1. The molecular weight excluding hydrogens is 218 g/mol. The Morgan fingerprint density at radius 1 is 1.35 bits per heavy atom. The summed E-state index contributed by atoms with van der Waals surface area (Å²) in [5.74, 6) is -0.873. The van der Waals surface area contributed by atoms with E-state index in [1.54, 1.807) is 0 Å². The zero-order valence-corrected chi connectivity index (χ0v) is 9.63. The highest BCUT2D eigenvalue weighted by atomic mass is 16.4. The number of rotatable bonds is 8. The lowest BCUT2D eigenvalue weighted by atomic mass is 10.1. The topological polar surface area (TPSA) is 66.4 Å². The van der Waals surface area contributed by atoms with E-state index in [1.165, 1.54) is 5.56 Å². The van der Waals surface area contributed by atoms with E-state index in [-0.39, 0.29) is 12.5 Å². The van der Waals surface area contributed by atoms with Crippen LogP contribution in [0.15, 0.2) is 30.3 Å². The van der Waals surface area contributed by atoms with Crippen LogP contribution in [0.3, 0.4) is 0 Å². The van der Waals surface area contributed by atoms with E-state index in [2.05, 4.69) is 5.32 Å². The Morgan fingerprint density at radius 3 is 2.65 bits per heavy atom. The number of carbonyl (C=O) groups excluding carboxylic acids is 1. The molecule has 0 bridgehead atoms. The monoisotopic (exact) mass is 235 g/mol. The van der Waals surface area contributed by atoms with Gasteiger partial charge < -0.3 is 15.2 Å². The molecule has 0 radical (unpaired) electrons. The van der Waals surface area contributed by atoms with Crippen LogP contribution < -0.4 is 5.32 Å². The van der Waals surface area contributed by atoms with Gasteiger partial charge in [0.1, 0.15) is 6.29 Å². The van der Waals surface area contributed by atoms with Crippen LogP contribution in [0, 0.1) is 0 Å². The molecule has 4 nitrogen and oxygen atoms in total. The fraction of sp³-hybridized carbons (Fsp3) is 0.385. The number of carboxylic acid groups (broad SMARTS) is 1. The van der Waals surface area contributed by atoms with Crippen molar-refractivity contribution in [3.05, 3.63) is 35.9 Å². The van der Waals surface area contributed by atoms with Crippen LogP contribution in [-0.4, -0.2) is 29.9 Å². The van der Waals surface area contributed by atoms with Crippen molar-refractivity contribution in [2.75, 3.05) is 6.54 Å². The summed E-state index contributed by atoms with van der Waals surface area (Å²) < 4.78 is 0. The molecule has 1 atom stereocenters. The van der Waals surface area contributed by atoms with Gasteiger partial charge in [0.25, 0.3) is 0 Å². The predicted octanol–water partition coefficient (Wildman–Crippen LogP) is 1.25. The third kappa shape index (κ3) is 5.82. The molecule has 1 aromatic rings. The Hall–Kier alpha value is -1.68. The van der Waals surface area contributed by atoms with Crippen molar-refractivity contribution in [1.82, 2.24) is 5.32 Å². The second kappa shape index (κ2) is 7.57. The highest BCUT2D eigenvalue weighted by molar-refractivity contribution is 5.68. The van der Waals surface area contributed by atoms with Gasteiger partial charge in [-0.1, -0.05) is 30.3 Å². The number of hydrogen-bond donors (Lipinski definition) is 2. The summed E-state index contributed by atoms with van der Waals surface area (Å²) in [6.45, 7) is 0.674. The largest absolute Gasteiger partial charge is 0.481 e. The molecule has 0 aliphatic rings. The maximum Gasteiger partial charge on any atom is 0.303 e. The molecule has 2 N–H and O–H groups in total. The number of nitrogens with one attached hydrogen (secondary N) is 1. The van der Waals surface area contributed by atoms with Gasteiger partial charge in [-0.2, -0.15) is 0 Å². The molecule has 0 amide bonds. The first-order valence-corrected chi connectivity index (χ1v) is 5.67. The second-order valence-corrected chi connectivity index (χ2v) is 3.86. The third-order valence-corrected chi connectivity index (χ3v) is 2.50. The highest BCUT2D eigenvalue weighted by Gasteiger charge is 2.08. The molecule has 17 heavy (non-hydrogen) atoms. The molecule has 0 saturated heterocycles. The van der Waals surface area contributed by atoms with E-state index in [9.17, 15) is 9.59 Å². The average molecular weight is 235 g/mol. The van der Waals surface area contributed by atoms with Crippen LogP contribution in [0.2, 0.25) is 0 Å². The Morgan fingerprint density at radius 2 is 2.06 bits per heavy atom. The van der Waals surface area contributed by atoms with Crippen LogP contribution in [0.1, 0.15) is 18.4 Å². The molecule has 1 aromatic carbocycles. The quantitative estimate of drug-likeness (QED) is 0.665. The highest BCUT2D eigenvalue weighted by Crippen LogP contribution is 1.99. The van der Waals surface area contributed by atoms with E-state index in [0.717, 1.165) is 12.7 Å². The van der Waals surface area contributed by atoms with Crippen LogP contribution >= 0.6 is 0 Å². The van der Waals surface area contributed by atoms with Crippen molar-refractivity contribution < 1.29 is 14.7 Å². The molecule has 0 spiro atoms. The molecule has 0 unspecified atom stereocenters. The minimum atomic E-state index is -0.873. The molecule has 0 aliphatic carbocycles. The molecule has 0 aliphatic heterocycles. The van der Waals surface area contributed by atoms with Crippen molar-refractivity contribution in [2.45, 2.75) is 25.3 Å². The van der Waals surface area contributed by atoms with Crippen molar-refractivity contribution in [3.63, 3.8) is 0 Å². The van der Waals surface area contributed by atoms with Gasteiger partial charge in [-0.05, 0) is 24.9 Å². The van der Waals surface area contributed by atoms with Crippen molar-refractivity contribution in [3.8, 4) is 0 Å². The molecule has 0 saturated carbocycles. The van der Waals surface area contributed by atoms with Gasteiger partial charge in [-0.15, -0.1) is 0 Å². The molecule has 0 heterocycles. The fourth-order valence-corrected chi connectivity index (χ4v) is 1.54. The number of hydrogen-bond acceptors (Lipinski definition) is 3. The summed E-state index contributed by atoms with van der Waals surface area (Å²) in [5.41, 5.74) is 1.20. The lowest BCUT2D eigenvalue weighted by Gasteiger charge is -2.11. The molecule has 0 aromatic heterocycles. The molecular formula is C13H17NO3. The zero-order chi connectivity index (χ0) is 12.5. The summed E-state index contributed by atoms with van der Waals surface area (Å²) in [7, 11) is 0. The van der Waals surface area contributed by atoms with Crippen LogP contribution in [0.5, 0.6) is 0 Å². The van der Waals surface area contributed by atoms with Gasteiger partial charge in [0, 0.05) is 6.42 Å². The van der Waals surface area contributed by atoms with Gasteiger partial charge >= 0.3 is 5.97 Å². The summed E-state index contributed by atoms with van der Waals surface area (Å²) >= 11 is 0. The lowest BCUT2D eigenvalue weighted by Crippen LogP contribution is -2.32.